The number of aliphatic hydroxyl groups excluding tert-OH is 1. The molecule has 4 N–H and O–H groups in total. The summed E-state index contributed by atoms with van der Waals surface area (Å²) in [6.07, 6.45) is 1.67. The van der Waals surface area contributed by atoms with Crippen LogP contribution in [-0.4, -0.2) is 38.3 Å². The molecule has 0 saturated carbocycles. The van der Waals surface area contributed by atoms with E-state index in [-0.39, 0.29) is 16.1 Å². The molecule has 0 saturated heterocycles. The number of carbonyl (C=O) groups is 1. The number of aliphatic hydroxyl groups is 1. The molecule has 1 amide bonds. The van der Waals surface area contributed by atoms with Crippen molar-refractivity contribution in [3.05, 3.63) is 23.8 Å². The maximum atomic E-state index is 11.9. The number of benzene rings is 1. The molecule has 0 fully saturated rings. The van der Waals surface area contributed by atoms with Crippen molar-refractivity contribution in [3.8, 4) is 0 Å². The summed E-state index contributed by atoms with van der Waals surface area (Å²) in [5, 5.41) is 12.0. The van der Waals surface area contributed by atoms with E-state index >= 15 is 0 Å². The second kappa shape index (κ2) is 6.71. The predicted molar refractivity (Wildman–Crippen MR) is 77.2 cm³/mol. The second-order valence-electron chi connectivity index (χ2n) is 4.67. The van der Waals surface area contributed by atoms with E-state index in [1.54, 1.807) is 0 Å². The van der Waals surface area contributed by atoms with Gasteiger partial charge in [0.1, 0.15) is 0 Å². The molecule has 6 nitrogen and oxygen atoms in total. The first kappa shape index (κ1) is 16.5. The predicted octanol–water partition coefficient (Wildman–Crippen LogP) is 0.563. The van der Waals surface area contributed by atoms with E-state index < -0.39 is 21.8 Å². The number of anilines is 1. The Morgan fingerprint density at radius 2 is 2.05 bits per heavy atom. The third-order valence-corrected chi connectivity index (χ3v) is 3.95. The molecule has 112 valence electrons. The molecular weight excluding hydrogens is 280 g/mol. The largest absolute Gasteiger partial charge is 0.399 e. The summed E-state index contributed by atoms with van der Waals surface area (Å²) in [5.74, 6) is -0.412. The van der Waals surface area contributed by atoms with Gasteiger partial charge in [-0.05, 0) is 31.0 Å². The third-order valence-electron chi connectivity index (χ3n) is 2.85. The van der Waals surface area contributed by atoms with Crippen molar-refractivity contribution in [2.24, 2.45) is 0 Å². The highest BCUT2D eigenvalue weighted by Gasteiger charge is 2.13. The summed E-state index contributed by atoms with van der Waals surface area (Å²) in [4.78, 5) is 11.9. The molecule has 0 aliphatic heterocycles. The molecule has 0 spiro atoms. The number of carbonyl (C=O) groups excluding carboxylic acids is 1. The van der Waals surface area contributed by atoms with Crippen molar-refractivity contribution in [3.63, 3.8) is 0 Å². The van der Waals surface area contributed by atoms with E-state index in [4.69, 9.17) is 5.73 Å². The van der Waals surface area contributed by atoms with Gasteiger partial charge in [-0.1, -0.05) is 6.92 Å². The fourth-order valence-corrected chi connectivity index (χ4v) is 2.32. The minimum atomic E-state index is -3.42. The van der Waals surface area contributed by atoms with Crippen molar-refractivity contribution in [2.75, 3.05) is 18.5 Å². The lowest BCUT2D eigenvalue weighted by atomic mass is 10.1. The first-order valence-corrected chi connectivity index (χ1v) is 8.20. The van der Waals surface area contributed by atoms with Gasteiger partial charge in [-0.3, -0.25) is 4.79 Å². The van der Waals surface area contributed by atoms with E-state index in [9.17, 15) is 18.3 Å². The lowest BCUT2D eigenvalue weighted by molar-refractivity contribution is 0.0942. The van der Waals surface area contributed by atoms with E-state index in [1.807, 2.05) is 6.92 Å². The number of sulfone groups is 1. The van der Waals surface area contributed by atoms with Crippen LogP contribution in [0.5, 0.6) is 0 Å². The van der Waals surface area contributed by atoms with Gasteiger partial charge >= 0.3 is 0 Å². The van der Waals surface area contributed by atoms with E-state index in [0.717, 1.165) is 6.26 Å². The van der Waals surface area contributed by atoms with E-state index in [1.165, 1.54) is 18.2 Å². The summed E-state index contributed by atoms with van der Waals surface area (Å²) in [7, 11) is -3.42. The molecule has 1 unspecified atom stereocenters. The molecule has 0 aromatic heterocycles. The zero-order valence-corrected chi connectivity index (χ0v) is 12.4. The van der Waals surface area contributed by atoms with Gasteiger partial charge in [0.2, 0.25) is 0 Å². The van der Waals surface area contributed by atoms with Crippen LogP contribution in [0, 0.1) is 0 Å². The molecule has 1 atom stereocenters. The Hall–Kier alpha value is -1.60. The van der Waals surface area contributed by atoms with Crippen molar-refractivity contribution >= 4 is 21.4 Å². The molecule has 0 aliphatic carbocycles. The molecule has 1 aromatic carbocycles. The maximum absolute atomic E-state index is 11.9. The summed E-state index contributed by atoms with van der Waals surface area (Å²) >= 11 is 0. The van der Waals surface area contributed by atoms with E-state index in [0.29, 0.717) is 19.4 Å². The maximum Gasteiger partial charge on any atom is 0.251 e. The van der Waals surface area contributed by atoms with Gasteiger partial charge in [0.15, 0.2) is 9.84 Å². The highest BCUT2D eigenvalue weighted by atomic mass is 32.2. The molecule has 1 rings (SSSR count). The first-order valence-electron chi connectivity index (χ1n) is 6.31. The molecule has 0 aliphatic rings. The molecule has 7 heteroatoms. The van der Waals surface area contributed by atoms with Crippen molar-refractivity contribution in [1.82, 2.24) is 5.32 Å². The number of rotatable bonds is 6. The van der Waals surface area contributed by atoms with Crippen LogP contribution < -0.4 is 11.1 Å². The lowest BCUT2D eigenvalue weighted by Gasteiger charge is -2.10. The van der Waals surface area contributed by atoms with Crippen molar-refractivity contribution in [2.45, 2.75) is 30.8 Å². The van der Waals surface area contributed by atoms with Gasteiger partial charge in [-0.25, -0.2) is 8.42 Å². The molecule has 0 radical (unpaired) electrons. The van der Waals surface area contributed by atoms with Gasteiger partial charge in [0, 0.05) is 24.1 Å². The highest BCUT2D eigenvalue weighted by molar-refractivity contribution is 7.90. The number of nitrogens with two attached hydrogens (primary N) is 1. The van der Waals surface area contributed by atoms with Crippen LogP contribution in [0.1, 0.15) is 30.1 Å². The van der Waals surface area contributed by atoms with Gasteiger partial charge in [0.25, 0.3) is 5.91 Å². The van der Waals surface area contributed by atoms with Crippen LogP contribution in [-0.2, 0) is 9.84 Å². The zero-order chi connectivity index (χ0) is 15.3. The average molecular weight is 300 g/mol. The minimum Gasteiger partial charge on any atom is -0.399 e. The van der Waals surface area contributed by atoms with Crippen molar-refractivity contribution in [1.29, 1.82) is 0 Å². The summed E-state index contributed by atoms with van der Waals surface area (Å²) in [6, 6.07) is 4.02. The van der Waals surface area contributed by atoms with Crippen LogP contribution in [0.25, 0.3) is 0 Å². The Morgan fingerprint density at radius 1 is 1.40 bits per heavy atom. The minimum absolute atomic E-state index is 0.0104. The van der Waals surface area contributed by atoms with Crippen LogP contribution in [0.2, 0.25) is 0 Å². The van der Waals surface area contributed by atoms with Gasteiger partial charge < -0.3 is 16.2 Å². The smallest absolute Gasteiger partial charge is 0.251 e. The van der Waals surface area contributed by atoms with E-state index in [2.05, 4.69) is 5.32 Å². The SMILES string of the molecule is CCC(O)CCNC(=O)c1cc(N)cc(S(C)(=O)=O)c1. The number of hydrogen-bond acceptors (Lipinski definition) is 5. The number of hydrogen-bond donors (Lipinski definition) is 3. The normalized spacial score (nSPS) is 12.9. The Balaban J connectivity index is 2.81. The number of nitrogens with one attached hydrogen (secondary N) is 1. The zero-order valence-electron chi connectivity index (χ0n) is 11.6. The standard InChI is InChI=1S/C13H20N2O4S/c1-3-11(16)4-5-15-13(17)9-6-10(14)8-12(7-9)20(2,18)19/h6-8,11,16H,3-5,14H2,1-2H3,(H,15,17). The Labute approximate surface area is 118 Å². The van der Waals surface area contributed by atoms with Gasteiger partial charge in [-0.15, -0.1) is 0 Å². The molecule has 0 bridgehead atoms. The fourth-order valence-electron chi connectivity index (χ4n) is 1.63. The molecule has 1 aromatic rings. The fraction of sp³-hybridized carbons (Fsp3) is 0.462. The third kappa shape index (κ3) is 4.82. The molecule has 0 heterocycles. The van der Waals surface area contributed by atoms with Gasteiger partial charge in [0.05, 0.1) is 11.0 Å². The summed E-state index contributed by atoms with van der Waals surface area (Å²) in [5.41, 5.74) is 6.01. The van der Waals surface area contributed by atoms with Crippen LogP contribution in [0.4, 0.5) is 5.69 Å². The van der Waals surface area contributed by atoms with Crippen LogP contribution in [0.3, 0.4) is 0 Å². The lowest BCUT2D eigenvalue weighted by Crippen LogP contribution is -2.27. The Morgan fingerprint density at radius 3 is 2.60 bits per heavy atom. The average Bonchev–Trinajstić information content (AvgIpc) is 2.36. The first-order chi connectivity index (χ1) is 9.24. The van der Waals surface area contributed by atoms with Crippen molar-refractivity contribution < 1.29 is 18.3 Å². The summed E-state index contributed by atoms with van der Waals surface area (Å²) in [6.45, 7) is 2.17. The number of amides is 1. The number of nitrogen functional groups attached to an aromatic ring is 1. The molecular formula is C13H20N2O4S. The van der Waals surface area contributed by atoms with Crippen LogP contribution >= 0.6 is 0 Å². The highest BCUT2D eigenvalue weighted by Crippen LogP contribution is 2.16. The monoisotopic (exact) mass is 300 g/mol. The summed E-state index contributed by atoms with van der Waals surface area (Å²) < 4.78 is 23.0. The van der Waals surface area contributed by atoms with Gasteiger partial charge in [-0.2, -0.15) is 0 Å². The molecule has 20 heavy (non-hydrogen) atoms. The van der Waals surface area contributed by atoms with Crippen LogP contribution in [0.15, 0.2) is 23.1 Å². The topological polar surface area (TPSA) is 109 Å². The Bertz CT molecular complexity index is 584. The second-order valence-corrected chi connectivity index (χ2v) is 6.69. The quantitative estimate of drug-likeness (QED) is 0.665. The Kier molecular flexibility index (Phi) is 5.52.